The van der Waals surface area contributed by atoms with E-state index >= 15 is 0 Å². The zero-order valence-corrected chi connectivity index (χ0v) is 12.5. The Bertz CT molecular complexity index is 664. The molecule has 2 aliphatic heterocycles. The van der Waals surface area contributed by atoms with Gasteiger partial charge in [0.15, 0.2) is 0 Å². The lowest BCUT2D eigenvalue weighted by Gasteiger charge is -2.31. The maximum Gasteiger partial charge on any atom is 0.259 e. The summed E-state index contributed by atoms with van der Waals surface area (Å²) in [5.41, 5.74) is -0.480. The fourth-order valence-corrected chi connectivity index (χ4v) is 3.63. The third-order valence-corrected chi connectivity index (χ3v) is 5.10. The Morgan fingerprint density at radius 3 is 2.82 bits per heavy atom. The Hall–Kier alpha value is -2.03. The van der Waals surface area contributed by atoms with Gasteiger partial charge in [0.1, 0.15) is 11.5 Å². The zero-order valence-electron chi connectivity index (χ0n) is 12.5. The van der Waals surface area contributed by atoms with Crippen LogP contribution in [-0.4, -0.2) is 27.8 Å². The number of hydrogen-bond donors (Lipinski definition) is 0. The third-order valence-electron chi connectivity index (χ3n) is 5.10. The van der Waals surface area contributed by atoms with Gasteiger partial charge in [-0.05, 0) is 37.8 Å². The molecule has 116 valence electrons. The SMILES string of the molecule is CC(F)(F)[C@]1(C)C[C@@H]2CC[C@H](c3cncc(C#N)c3)N2C1=O. The van der Waals surface area contributed by atoms with E-state index < -0.39 is 17.2 Å². The third kappa shape index (κ3) is 1.99. The summed E-state index contributed by atoms with van der Waals surface area (Å²) in [6, 6.07) is 3.29. The second-order valence-electron chi connectivity index (χ2n) is 6.50. The lowest BCUT2D eigenvalue weighted by atomic mass is 9.80. The van der Waals surface area contributed by atoms with Crippen molar-refractivity contribution in [2.24, 2.45) is 5.41 Å². The highest BCUT2D eigenvalue weighted by molar-refractivity contribution is 5.87. The monoisotopic (exact) mass is 305 g/mol. The van der Waals surface area contributed by atoms with Gasteiger partial charge < -0.3 is 4.90 Å². The van der Waals surface area contributed by atoms with Crippen molar-refractivity contribution < 1.29 is 13.6 Å². The summed E-state index contributed by atoms with van der Waals surface area (Å²) in [7, 11) is 0. The van der Waals surface area contributed by atoms with Gasteiger partial charge in [0.2, 0.25) is 5.91 Å². The van der Waals surface area contributed by atoms with E-state index in [0.717, 1.165) is 18.9 Å². The van der Waals surface area contributed by atoms with E-state index in [2.05, 4.69) is 4.98 Å². The first-order chi connectivity index (χ1) is 10.3. The lowest BCUT2D eigenvalue weighted by molar-refractivity contribution is -0.156. The summed E-state index contributed by atoms with van der Waals surface area (Å²) < 4.78 is 27.8. The average molecular weight is 305 g/mol. The number of hydrogen-bond acceptors (Lipinski definition) is 3. The minimum atomic E-state index is -3.05. The highest BCUT2D eigenvalue weighted by atomic mass is 19.3. The number of nitrogens with zero attached hydrogens (tertiary/aromatic N) is 3. The van der Waals surface area contributed by atoms with Crippen LogP contribution < -0.4 is 0 Å². The van der Waals surface area contributed by atoms with Crippen LogP contribution in [0.2, 0.25) is 0 Å². The van der Waals surface area contributed by atoms with Gasteiger partial charge in [-0.25, -0.2) is 8.78 Å². The van der Waals surface area contributed by atoms with Gasteiger partial charge in [-0.1, -0.05) is 0 Å². The Labute approximate surface area is 127 Å². The van der Waals surface area contributed by atoms with Crippen molar-refractivity contribution in [2.45, 2.75) is 51.1 Å². The van der Waals surface area contributed by atoms with Crippen molar-refractivity contribution >= 4 is 5.91 Å². The molecule has 2 saturated heterocycles. The number of fused-ring (bicyclic) bond motifs is 1. The molecule has 1 aromatic rings. The lowest BCUT2D eigenvalue weighted by Crippen LogP contribution is -2.44. The maximum absolute atomic E-state index is 13.9. The predicted molar refractivity (Wildman–Crippen MR) is 74.9 cm³/mol. The number of halogens is 2. The van der Waals surface area contributed by atoms with Crippen LogP contribution in [0.1, 0.15) is 50.3 Å². The molecular formula is C16H17F2N3O. The molecule has 6 heteroatoms. The molecule has 3 heterocycles. The fourth-order valence-electron chi connectivity index (χ4n) is 3.63. The van der Waals surface area contributed by atoms with Gasteiger partial charge in [-0.15, -0.1) is 0 Å². The van der Waals surface area contributed by atoms with E-state index in [9.17, 15) is 13.6 Å². The molecule has 0 unspecified atom stereocenters. The summed E-state index contributed by atoms with van der Waals surface area (Å²) in [5.74, 6) is -3.54. The summed E-state index contributed by atoms with van der Waals surface area (Å²) in [6.07, 6.45) is 4.67. The molecule has 4 nitrogen and oxygen atoms in total. The molecule has 1 aromatic heterocycles. The minimum absolute atomic E-state index is 0.154. The molecule has 2 fully saturated rings. The summed E-state index contributed by atoms with van der Waals surface area (Å²) in [6.45, 7) is 2.18. The van der Waals surface area contributed by atoms with E-state index in [4.69, 9.17) is 5.26 Å². The molecule has 3 atom stereocenters. The van der Waals surface area contributed by atoms with Crippen LogP contribution in [0.25, 0.3) is 0 Å². The first-order valence-electron chi connectivity index (χ1n) is 7.33. The van der Waals surface area contributed by atoms with E-state index in [1.54, 1.807) is 17.2 Å². The van der Waals surface area contributed by atoms with Crippen LogP contribution in [0.15, 0.2) is 18.5 Å². The molecule has 1 amide bonds. The minimum Gasteiger partial charge on any atom is -0.332 e. The van der Waals surface area contributed by atoms with Crippen molar-refractivity contribution in [1.29, 1.82) is 5.26 Å². The van der Waals surface area contributed by atoms with Gasteiger partial charge in [0.25, 0.3) is 5.92 Å². The van der Waals surface area contributed by atoms with Crippen molar-refractivity contribution in [3.63, 3.8) is 0 Å². The van der Waals surface area contributed by atoms with Crippen LogP contribution in [-0.2, 0) is 4.79 Å². The number of alkyl halides is 2. The highest BCUT2D eigenvalue weighted by Gasteiger charge is 2.62. The normalized spacial score (nSPS) is 31.2. The van der Waals surface area contributed by atoms with Crippen molar-refractivity contribution in [3.05, 3.63) is 29.6 Å². The van der Waals surface area contributed by atoms with E-state index in [1.807, 2.05) is 6.07 Å². The van der Waals surface area contributed by atoms with Crippen molar-refractivity contribution in [3.8, 4) is 6.07 Å². The van der Waals surface area contributed by atoms with Gasteiger partial charge in [-0.2, -0.15) is 5.26 Å². The van der Waals surface area contributed by atoms with Crippen LogP contribution >= 0.6 is 0 Å². The molecule has 3 rings (SSSR count). The molecule has 0 aliphatic carbocycles. The molecule has 0 aromatic carbocycles. The highest BCUT2D eigenvalue weighted by Crippen LogP contribution is 2.54. The number of amides is 1. The maximum atomic E-state index is 13.9. The summed E-state index contributed by atoms with van der Waals surface area (Å²) in [5, 5.41) is 8.96. The molecule has 22 heavy (non-hydrogen) atoms. The van der Waals surface area contributed by atoms with Gasteiger partial charge in [0.05, 0.1) is 11.6 Å². The smallest absolute Gasteiger partial charge is 0.259 e. The van der Waals surface area contributed by atoms with Crippen LogP contribution in [0, 0.1) is 16.7 Å². The second kappa shape index (κ2) is 4.73. The van der Waals surface area contributed by atoms with Gasteiger partial charge in [0, 0.05) is 25.4 Å². The molecule has 0 spiro atoms. The number of pyridine rings is 1. The van der Waals surface area contributed by atoms with Crippen LogP contribution in [0.4, 0.5) is 8.78 Å². The second-order valence-corrected chi connectivity index (χ2v) is 6.50. The van der Waals surface area contributed by atoms with Crippen molar-refractivity contribution in [2.75, 3.05) is 0 Å². The molecule has 0 saturated carbocycles. The molecular weight excluding hydrogens is 288 g/mol. The average Bonchev–Trinajstić information content (AvgIpc) is 2.98. The number of aromatic nitrogens is 1. The first kappa shape index (κ1) is 14.9. The van der Waals surface area contributed by atoms with Crippen molar-refractivity contribution in [1.82, 2.24) is 9.88 Å². The molecule has 0 N–H and O–H groups in total. The molecule has 0 radical (unpaired) electrons. The number of nitriles is 1. The van der Waals surface area contributed by atoms with E-state index in [-0.39, 0.29) is 18.5 Å². The Balaban J connectivity index is 1.95. The standard InChI is InChI=1S/C16H17F2N3O/c1-15(16(2,17)18)6-12-3-4-13(21(12)14(15)22)11-5-10(7-19)8-20-9-11/h5,8-9,12-13H,3-4,6H2,1-2H3/t12-,13+,15+/m0/s1. The van der Waals surface area contributed by atoms with Gasteiger partial charge in [-0.3, -0.25) is 9.78 Å². The van der Waals surface area contributed by atoms with Crippen LogP contribution in [0.3, 0.4) is 0 Å². The number of carbonyl (C=O) groups excluding carboxylic acids is 1. The van der Waals surface area contributed by atoms with Crippen LogP contribution in [0.5, 0.6) is 0 Å². The number of carbonyl (C=O) groups is 1. The quantitative estimate of drug-likeness (QED) is 0.844. The largest absolute Gasteiger partial charge is 0.332 e. The predicted octanol–water partition coefficient (Wildman–Crippen LogP) is 3.05. The topological polar surface area (TPSA) is 57.0 Å². The fraction of sp³-hybridized carbons (Fsp3) is 0.562. The zero-order chi connectivity index (χ0) is 16.1. The van der Waals surface area contributed by atoms with E-state index in [0.29, 0.717) is 12.0 Å². The van der Waals surface area contributed by atoms with Gasteiger partial charge >= 0.3 is 0 Å². The number of rotatable bonds is 2. The Morgan fingerprint density at radius 2 is 2.18 bits per heavy atom. The summed E-state index contributed by atoms with van der Waals surface area (Å²) in [4.78, 5) is 18.3. The summed E-state index contributed by atoms with van der Waals surface area (Å²) >= 11 is 0. The Kier molecular flexibility index (Phi) is 3.20. The van der Waals surface area contributed by atoms with E-state index in [1.165, 1.54) is 13.1 Å². The first-order valence-corrected chi connectivity index (χ1v) is 7.33. The molecule has 0 bridgehead atoms. The molecule has 2 aliphatic rings. The Morgan fingerprint density at radius 1 is 1.45 bits per heavy atom.